The second kappa shape index (κ2) is 5.77. The lowest BCUT2D eigenvalue weighted by atomic mass is 9.89. The van der Waals surface area contributed by atoms with Gasteiger partial charge in [-0.05, 0) is 37.6 Å². The van der Waals surface area contributed by atoms with Gasteiger partial charge in [-0.1, -0.05) is 18.2 Å². The summed E-state index contributed by atoms with van der Waals surface area (Å²) in [7, 11) is 0. The van der Waals surface area contributed by atoms with Gasteiger partial charge in [0.15, 0.2) is 0 Å². The summed E-state index contributed by atoms with van der Waals surface area (Å²) in [6.07, 6.45) is 5.69. The minimum absolute atomic E-state index is 0.215. The number of fused-ring (bicyclic) bond motifs is 2. The van der Waals surface area contributed by atoms with E-state index < -0.39 is 5.60 Å². The first-order valence-corrected chi connectivity index (χ1v) is 8.33. The Hall–Kier alpha value is -2.53. The molecule has 3 heterocycles. The van der Waals surface area contributed by atoms with Gasteiger partial charge in [-0.2, -0.15) is 0 Å². The molecule has 25 heavy (non-hydrogen) atoms. The molecule has 0 amide bonds. The van der Waals surface area contributed by atoms with Crippen molar-refractivity contribution in [1.29, 1.82) is 0 Å². The summed E-state index contributed by atoms with van der Waals surface area (Å²) >= 11 is 5.91. The first-order valence-electron chi connectivity index (χ1n) is 7.96. The van der Waals surface area contributed by atoms with Gasteiger partial charge < -0.3 is 14.2 Å². The highest BCUT2D eigenvalue weighted by Gasteiger charge is 2.39. The van der Waals surface area contributed by atoms with Crippen LogP contribution in [0.4, 0.5) is 0 Å². The van der Waals surface area contributed by atoms with E-state index in [1.54, 1.807) is 6.07 Å². The van der Waals surface area contributed by atoms with E-state index in [2.05, 4.69) is 22.6 Å². The van der Waals surface area contributed by atoms with Crippen molar-refractivity contribution in [2.75, 3.05) is 0 Å². The van der Waals surface area contributed by atoms with Crippen LogP contribution in [0.1, 0.15) is 25.0 Å². The third-order valence-electron chi connectivity index (χ3n) is 4.31. The molecule has 2 aromatic rings. The van der Waals surface area contributed by atoms with Gasteiger partial charge in [0.1, 0.15) is 40.4 Å². The van der Waals surface area contributed by atoms with Gasteiger partial charge in [0, 0.05) is 24.1 Å². The molecule has 1 aromatic carbocycles. The van der Waals surface area contributed by atoms with Crippen LogP contribution in [0, 0.1) is 0 Å². The molecular formula is C19H17ClN2O3. The van der Waals surface area contributed by atoms with Gasteiger partial charge in [0.25, 0.3) is 0 Å². The minimum atomic E-state index is -0.541. The molecule has 0 fully saturated rings. The van der Waals surface area contributed by atoms with Crippen molar-refractivity contribution in [1.82, 2.24) is 9.97 Å². The molecule has 0 saturated heterocycles. The van der Waals surface area contributed by atoms with Crippen molar-refractivity contribution in [2.45, 2.75) is 32.0 Å². The Morgan fingerprint density at radius 2 is 2.04 bits per heavy atom. The number of nitrogens with zero attached hydrogens (tertiary/aromatic N) is 2. The van der Waals surface area contributed by atoms with Crippen LogP contribution < -0.4 is 14.2 Å². The Bertz CT molecular complexity index is 892. The van der Waals surface area contributed by atoms with Crippen LogP contribution in [0.15, 0.2) is 42.9 Å². The maximum absolute atomic E-state index is 6.20. The Labute approximate surface area is 150 Å². The fourth-order valence-corrected chi connectivity index (χ4v) is 3.10. The van der Waals surface area contributed by atoms with Crippen molar-refractivity contribution in [3.8, 4) is 17.4 Å². The van der Waals surface area contributed by atoms with Crippen LogP contribution >= 0.6 is 11.6 Å². The van der Waals surface area contributed by atoms with Crippen LogP contribution in [-0.2, 0) is 6.42 Å². The van der Waals surface area contributed by atoms with Gasteiger partial charge in [0.2, 0.25) is 5.88 Å². The lowest BCUT2D eigenvalue weighted by Gasteiger charge is -2.39. The lowest BCUT2D eigenvalue weighted by Crippen LogP contribution is -2.49. The van der Waals surface area contributed by atoms with Gasteiger partial charge in [-0.15, -0.1) is 0 Å². The zero-order valence-electron chi connectivity index (χ0n) is 14.0. The molecule has 0 radical (unpaired) electrons. The smallest absolute Gasteiger partial charge is 0.218 e. The van der Waals surface area contributed by atoms with Crippen molar-refractivity contribution in [2.24, 2.45) is 0 Å². The topological polar surface area (TPSA) is 53.5 Å². The molecule has 1 aromatic heterocycles. The van der Waals surface area contributed by atoms with Crippen LogP contribution in [-0.4, -0.2) is 21.7 Å². The fraction of sp³-hybridized carbons (Fsp3) is 0.263. The molecule has 0 aliphatic carbocycles. The van der Waals surface area contributed by atoms with E-state index in [-0.39, 0.29) is 6.10 Å². The highest BCUT2D eigenvalue weighted by atomic mass is 35.5. The summed E-state index contributed by atoms with van der Waals surface area (Å²) in [6, 6.07) is 5.58. The molecule has 2 aliphatic heterocycles. The molecule has 0 saturated carbocycles. The van der Waals surface area contributed by atoms with E-state index in [1.165, 1.54) is 6.33 Å². The molecule has 0 bridgehead atoms. The third-order valence-corrected chi connectivity index (χ3v) is 4.51. The summed E-state index contributed by atoms with van der Waals surface area (Å²) < 4.78 is 17.9. The number of hydrogen-bond acceptors (Lipinski definition) is 5. The molecule has 0 N–H and O–H groups in total. The number of hydrogen-bond donors (Lipinski definition) is 0. The van der Waals surface area contributed by atoms with Crippen molar-refractivity contribution >= 4 is 17.7 Å². The monoisotopic (exact) mass is 356 g/mol. The summed E-state index contributed by atoms with van der Waals surface area (Å²) in [5.74, 6) is 2.60. The maximum Gasteiger partial charge on any atom is 0.218 e. The molecular weight excluding hydrogens is 340 g/mol. The number of aromatic nitrogens is 2. The SMILES string of the molecule is C=C1C=Cc2cc3c(cc2O1)OC(C)(C)C(Oc1cc(Cl)ncn1)C3. The second-order valence-corrected chi connectivity index (χ2v) is 6.98. The van der Waals surface area contributed by atoms with Gasteiger partial charge in [-0.3, -0.25) is 0 Å². The molecule has 5 nitrogen and oxygen atoms in total. The van der Waals surface area contributed by atoms with E-state index in [0.717, 1.165) is 22.6 Å². The molecule has 0 spiro atoms. The van der Waals surface area contributed by atoms with E-state index >= 15 is 0 Å². The summed E-state index contributed by atoms with van der Waals surface area (Å²) in [5.41, 5.74) is 1.52. The molecule has 2 aliphatic rings. The van der Waals surface area contributed by atoms with Crippen molar-refractivity contribution < 1.29 is 14.2 Å². The standard InChI is InChI=1S/C19H17ClN2O3/c1-11-4-5-12-6-13-7-16(24-18-9-17(20)21-10-22-18)19(2,3)25-15(13)8-14(12)23-11/h4-6,8-10,16H,1,7H2,2-3H3. The molecule has 6 heteroatoms. The van der Waals surface area contributed by atoms with Crippen LogP contribution in [0.2, 0.25) is 5.15 Å². The molecule has 1 unspecified atom stereocenters. The van der Waals surface area contributed by atoms with Crippen molar-refractivity contribution in [3.05, 3.63) is 59.2 Å². The molecule has 128 valence electrons. The summed E-state index contributed by atoms with van der Waals surface area (Å²) in [6.45, 7) is 7.80. The van der Waals surface area contributed by atoms with Gasteiger partial charge >= 0.3 is 0 Å². The highest BCUT2D eigenvalue weighted by molar-refractivity contribution is 6.29. The van der Waals surface area contributed by atoms with Crippen LogP contribution in [0.5, 0.6) is 17.4 Å². The predicted octanol–water partition coefficient (Wildman–Crippen LogP) is 4.21. The highest BCUT2D eigenvalue weighted by Crippen LogP contribution is 2.40. The maximum atomic E-state index is 6.20. The Kier molecular flexibility index (Phi) is 3.69. The fourth-order valence-electron chi connectivity index (χ4n) is 2.96. The number of ether oxygens (including phenoxy) is 3. The summed E-state index contributed by atoms with van der Waals surface area (Å²) in [4.78, 5) is 7.99. The first-order chi connectivity index (χ1) is 11.9. The number of allylic oxidation sites excluding steroid dienone is 1. The van der Waals surface area contributed by atoms with Crippen molar-refractivity contribution in [3.63, 3.8) is 0 Å². The van der Waals surface area contributed by atoms with E-state index in [0.29, 0.717) is 23.2 Å². The Balaban J connectivity index is 1.66. The summed E-state index contributed by atoms with van der Waals surface area (Å²) in [5, 5.41) is 0.344. The molecule has 1 atom stereocenters. The quantitative estimate of drug-likeness (QED) is 0.754. The van der Waals surface area contributed by atoms with Gasteiger partial charge in [0.05, 0.1) is 0 Å². The van der Waals surface area contributed by atoms with E-state index in [9.17, 15) is 0 Å². The minimum Gasteiger partial charge on any atom is -0.484 e. The average molecular weight is 357 g/mol. The Morgan fingerprint density at radius 3 is 2.84 bits per heavy atom. The number of rotatable bonds is 2. The van der Waals surface area contributed by atoms with Crippen LogP contribution in [0.25, 0.3) is 6.08 Å². The largest absolute Gasteiger partial charge is 0.484 e. The third kappa shape index (κ3) is 3.07. The van der Waals surface area contributed by atoms with E-state index in [1.807, 2.05) is 32.1 Å². The zero-order chi connectivity index (χ0) is 17.6. The lowest BCUT2D eigenvalue weighted by molar-refractivity contribution is -0.0289. The predicted molar refractivity (Wildman–Crippen MR) is 95.1 cm³/mol. The molecule has 4 rings (SSSR count). The number of halogens is 1. The van der Waals surface area contributed by atoms with Crippen LogP contribution in [0.3, 0.4) is 0 Å². The average Bonchev–Trinajstić information content (AvgIpc) is 2.54. The van der Waals surface area contributed by atoms with E-state index in [4.69, 9.17) is 25.8 Å². The normalized spacial score (nSPS) is 20.1. The Morgan fingerprint density at radius 1 is 1.20 bits per heavy atom. The first kappa shape index (κ1) is 16.0. The number of benzene rings is 1. The zero-order valence-corrected chi connectivity index (χ0v) is 14.7. The second-order valence-electron chi connectivity index (χ2n) is 6.59. The van der Waals surface area contributed by atoms with Gasteiger partial charge in [-0.25, -0.2) is 9.97 Å².